The molecule has 0 saturated carbocycles. The van der Waals surface area contributed by atoms with E-state index >= 15 is 0 Å². The Bertz CT molecular complexity index is 715. The Hall–Kier alpha value is -2.41. The Balaban J connectivity index is 2.19. The van der Waals surface area contributed by atoms with Gasteiger partial charge in [0.05, 0.1) is 12.2 Å². The lowest BCUT2D eigenvalue weighted by molar-refractivity contribution is 0.295. The smallest absolute Gasteiger partial charge is 0.201 e. The van der Waals surface area contributed by atoms with E-state index in [1.54, 1.807) is 12.3 Å². The van der Waals surface area contributed by atoms with Crippen LogP contribution in [0.3, 0.4) is 0 Å². The lowest BCUT2D eigenvalue weighted by Crippen LogP contribution is -2.00. The van der Waals surface area contributed by atoms with Crippen molar-refractivity contribution in [1.29, 1.82) is 0 Å². The summed E-state index contributed by atoms with van der Waals surface area (Å²) in [5, 5.41) is 0. The summed E-state index contributed by atoms with van der Waals surface area (Å²) in [4.78, 5) is 4.21. The first kappa shape index (κ1) is 17.0. The minimum atomic E-state index is -1.00. The number of ether oxygens (including phenoxy) is 1. The molecule has 0 unspecified atom stereocenters. The van der Waals surface area contributed by atoms with Gasteiger partial charge in [0.1, 0.15) is 5.69 Å². The number of hydrogen-bond acceptors (Lipinski definition) is 2. The maximum Gasteiger partial charge on any atom is 0.201 e. The Morgan fingerprint density at radius 1 is 1.00 bits per heavy atom. The zero-order chi connectivity index (χ0) is 16.7. The highest BCUT2D eigenvalue weighted by molar-refractivity contribution is 5.44. The van der Waals surface area contributed by atoms with Crippen molar-refractivity contribution < 1.29 is 13.5 Å². The minimum Gasteiger partial charge on any atom is -0.490 e. The van der Waals surface area contributed by atoms with E-state index in [-0.39, 0.29) is 11.3 Å². The molecule has 1 aromatic carbocycles. The van der Waals surface area contributed by atoms with E-state index in [2.05, 4.69) is 23.7 Å². The van der Waals surface area contributed by atoms with Crippen LogP contribution in [0.4, 0.5) is 8.78 Å². The fourth-order valence-corrected chi connectivity index (χ4v) is 2.02. The van der Waals surface area contributed by atoms with Gasteiger partial charge < -0.3 is 4.74 Å². The highest BCUT2D eigenvalue weighted by Crippen LogP contribution is 2.22. The number of rotatable bonds is 5. The van der Waals surface area contributed by atoms with Crippen molar-refractivity contribution in [3.63, 3.8) is 0 Å². The van der Waals surface area contributed by atoms with Crippen LogP contribution in [0.5, 0.6) is 5.75 Å². The summed E-state index contributed by atoms with van der Waals surface area (Å²) < 4.78 is 33.0. The molecule has 0 amide bonds. The number of nitrogens with zero attached hydrogens (tertiary/aromatic N) is 1. The summed E-state index contributed by atoms with van der Waals surface area (Å²) in [5.74, 6) is 3.29. The lowest BCUT2D eigenvalue weighted by atomic mass is 10.1. The second-order valence-corrected chi connectivity index (χ2v) is 5.14. The second-order valence-electron chi connectivity index (χ2n) is 5.14. The summed E-state index contributed by atoms with van der Waals surface area (Å²) in [6, 6.07) is 6.54. The fraction of sp³-hybridized carbons (Fsp3) is 0.316. The maximum atomic E-state index is 14.0. The van der Waals surface area contributed by atoms with Crippen LogP contribution in [0.25, 0.3) is 0 Å². The molecule has 120 valence electrons. The van der Waals surface area contributed by atoms with E-state index in [0.717, 1.165) is 24.8 Å². The van der Waals surface area contributed by atoms with Crippen LogP contribution < -0.4 is 4.74 Å². The molecule has 0 aliphatic heterocycles. The van der Waals surface area contributed by atoms with Crippen molar-refractivity contribution in [3.8, 4) is 17.6 Å². The molecule has 2 rings (SSSR count). The van der Waals surface area contributed by atoms with Crippen LogP contribution in [0.2, 0.25) is 0 Å². The van der Waals surface area contributed by atoms with Crippen LogP contribution in [0, 0.1) is 23.5 Å². The predicted octanol–water partition coefficient (Wildman–Crippen LogP) is 4.50. The zero-order valence-electron chi connectivity index (χ0n) is 13.3. The second kappa shape index (κ2) is 8.28. The predicted molar refractivity (Wildman–Crippen MR) is 86.4 cm³/mol. The van der Waals surface area contributed by atoms with Gasteiger partial charge in [-0.05, 0) is 42.5 Å². The number of benzene rings is 1. The zero-order valence-corrected chi connectivity index (χ0v) is 13.3. The molecular formula is C19H19F2NO. The van der Waals surface area contributed by atoms with Gasteiger partial charge in [0.25, 0.3) is 0 Å². The third-order valence-electron chi connectivity index (χ3n) is 3.20. The molecular weight excluding hydrogens is 296 g/mol. The molecule has 4 heteroatoms. The molecule has 1 aromatic heterocycles. The Morgan fingerprint density at radius 2 is 1.83 bits per heavy atom. The van der Waals surface area contributed by atoms with Crippen LogP contribution in [0.15, 0.2) is 30.5 Å². The first-order valence-corrected chi connectivity index (χ1v) is 7.73. The average Bonchev–Trinajstić information content (AvgIpc) is 2.57. The monoisotopic (exact) mass is 315 g/mol. The SMILES string of the molecule is CCCOc1ccc(C#Cc2ccc(CCC)cn2)c(F)c1F. The van der Waals surface area contributed by atoms with Crippen LogP contribution in [-0.2, 0) is 6.42 Å². The summed E-state index contributed by atoms with van der Waals surface area (Å²) in [6.45, 7) is 4.33. The van der Waals surface area contributed by atoms with Gasteiger partial charge in [-0.25, -0.2) is 9.37 Å². The molecule has 0 spiro atoms. The van der Waals surface area contributed by atoms with Gasteiger partial charge in [0.2, 0.25) is 5.82 Å². The highest BCUT2D eigenvalue weighted by Gasteiger charge is 2.13. The van der Waals surface area contributed by atoms with Crippen molar-refractivity contribution >= 4 is 0 Å². The summed E-state index contributed by atoms with van der Waals surface area (Å²) in [6.07, 6.45) is 4.48. The fourth-order valence-electron chi connectivity index (χ4n) is 2.02. The molecule has 0 saturated heterocycles. The van der Waals surface area contributed by atoms with Gasteiger partial charge in [-0.3, -0.25) is 0 Å². The van der Waals surface area contributed by atoms with E-state index in [0.29, 0.717) is 12.3 Å². The summed E-state index contributed by atoms with van der Waals surface area (Å²) >= 11 is 0. The summed E-state index contributed by atoms with van der Waals surface area (Å²) in [7, 11) is 0. The van der Waals surface area contributed by atoms with Gasteiger partial charge in [0.15, 0.2) is 11.6 Å². The van der Waals surface area contributed by atoms with E-state index in [4.69, 9.17) is 4.74 Å². The topological polar surface area (TPSA) is 22.1 Å². The minimum absolute atomic E-state index is 0.00853. The third-order valence-corrected chi connectivity index (χ3v) is 3.20. The number of aromatic nitrogens is 1. The molecule has 0 aliphatic rings. The Kier molecular flexibility index (Phi) is 6.10. The number of aryl methyl sites for hydroxylation is 1. The van der Waals surface area contributed by atoms with Gasteiger partial charge in [0, 0.05) is 6.20 Å². The van der Waals surface area contributed by atoms with Crippen molar-refractivity contribution in [2.45, 2.75) is 33.1 Å². The quantitative estimate of drug-likeness (QED) is 0.758. The van der Waals surface area contributed by atoms with Gasteiger partial charge >= 0.3 is 0 Å². The normalized spacial score (nSPS) is 10.1. The molecule has 0 bridgehead atoms. The number of pyridine rings is 1. The van der Waals surface area contributed by atoms with Crippen LogP contribution in [-0.4, -0.2) is 11.6 Å². The van der Waals surface area contributed by atoms with Crippen molar-refractivity contribution in [1.82, 2.24) is 4.98 Å². The average molecular weight is 315 g/mol. The van der Waals surface area contributed by atoms with Crippen molar-refractivity contribution in [3.05, 3.63) is 58.9 Å². The lowest BCUT2D eigenvalue weighted by Gasteiger charge is -2.06. The van der Waals surface area contributed by atoms with Gasteiger partial charge in [-0.1, -0.05) is 32.3 Å². The molecule has 23 heavy (non-hydrogen) atoms. The molecule has 1 heterocycles. The standard InChI is InChI=1S/C19H19F2NO/c1-3-5-14-6-9-16(22-13-14)10-7-15-8-11-17(23-12-4-2)19(21)18(15)20/h6,8-9,11,13H,3-5,12H2,1-2H3. The van der Waals surface area contributed by atoms with Gasteiger partial charge in [-0.15, -0.1) is 0 Å². The first-order valence-electron chi connectivity index (χ1n) is 7.73. The first-order chi connectivity index (χ1) is 11.2. The molecule has 0 aliphatic carbocycles. The van der Waals surface area contributed by atoms with Crippen molar-refractivity contribution in [2.24, 2.45) is 0 Å². The van der Waals surface area contributed by atoms with E-state index < -0.39 is 11.6 Å². The Morgan fingerprint density at radius 3 is 2.48 bits per heavy atom. The maximum absolute atomic E-state index is 14.0. The van der Waals surface area contributed by atoms with Crippen LogP contribution in [0.1, 0.15) is 43.5 Å². The largest absolute Gasteiger partial charge is 0.490 e. The Labute approximate surface area is 135 Å². The van der Waals surface area contributed by atoms with Crippen LogP contribution >= 0.6 is 0 Å². The summed E-state index contributed by atoms with van der Waals surface area (Å²) in [5.41, 5.74) is 1.65. The van der Waals surface area contributed by atoms with E-state index in [1.807, 2.05) is 13.0 Å². The highest BCUT2D eigenvalue weighted by atomic mass is 19.2. The number of hydrogen-bond donors (Lipinski definition) is 0. The molecule has 2 nitrogen and oxygen atoms in total. The molecule has 0 fully saturated rings. The van der Waals surface area contributed by atoms with E-state index in [9.17, 15) is 8.78 Å². The number of halogens is 2. The molecule has 0 atom stereocenters. The van der Waals surface area contributed by atoms with E-state index in [1.165, 1.54) is 12.1 Å². The van der Waals surface area contributed by atoms with Crippen molar-refractivity contribution in [2.75, 3.05) is 6.61 Å². The van der Waals surface area contributed by atoms with Gasteiger partial charge in [-0.2, -0.15) is 4.39 Å². The molecule has 0 N–H and O–H groups in total. The molecule has 0 radical (unpaired) electrons. The third kappa shape index (κ3) is 4.53. The molecule has 2 aromatic rings.